The molecule has 2 unspecified atom stereocenters. The van der Waals surface area contributed by atoms with E-state index in [9.17, 15) is 27.9 Å². The smallest absolute Gasteiger partial charge is 0.391 e. The molecule has 3 rings (SSSR count). The summed E-state index contributed by atoms with van der Waals surface area (Å²) in [6, 6.07) is 8.08. The normalized spacial score (nSPS) is 20.7. The van der Waals surface area contributed by atoms with E-state index < -0.39 is 35.4 Å². The fraction of sp³-hybridized carbons (Fsp3) is 0.294. The summed E-state index contributed by atoms with van der Waals surface area (Å²) in [4.78, 5) is 27.7. The van der Waals surface area contributed by atoms with Crippen LogP contribution in [0, 0.1) is 0 Å². The van der Waals surface area contributed by atoms with Gasteiger partial charge in [0.2, 0.25) is 5.56 Å². The first-order chi connectivity index (χ1) is 11.8. The number of carbonyl (C=O) groups is 1. The van der Waals surface area contributed by atoms with Gasteiger partial charge in [-0.25, -0.2) is 0 Å². The van der Waals surface area contributed by atoms with E-state index in [2.05, 4.69) is 4.98 Å². The summed E-state index contributed by atoms with van der Waals surface area (Å²) < 4.78 is 38.8. The van der Waals surface area contributed by atoms with Gasteiger partial charge in [-0.1, -0.05) is 18.2 Å². The van der Waals surface area contributed by atoms with Crippen LogP contribution in [0.2, 0.25) is 0 Å². The lowest BCUT2D eigenvalue weighted by molar-refractivity contribution is -0.137. The standard InChI is InChI=1S/C17H15F3N2O3/c18-17(19,20)11-4-1-3-10(7-11)14-8-12(23)9-22(14)16(25)13-5-2-6-15(24)21-13/h1-7,12,14,23H,8-9H2,(H,21,24). The SMILES string of the molecule is O=C(c1cccc(=O)[nH]1)N1CC(O)CC1c1cccc(C(F)(F)F)c1. The van der Waals surface area contributed by atoms with Crippen LogP contribution < -0.4 is 5.56 Å². The lowest BCUT2D eigenvalue weighted by atomic mass is 10.0. The molecule has 1 aromatic heterocycles. The molecule has 0 saturated carbocycles. The molecule has 2 aromatic rings. The second kappa shape index (κ2) is 6.36. The zero-order chi connectivity index (χ0) is 18.2. The number of aromatic nitrogens is 1. The molecule has 0 aliphatic carbocycles. The molecule has 0 radical (unpaired) electrons. The van der Waals surface area contributed by atoms with Gasteiger partial charge in [0.25, 0.3) is 5.91 Å². The first-order valence-electron chi connectivity index (χ1n) is 7.61. The third-order valence-electron chi connectivity index (χ3n) is 4.14. The van der Waals surface area contributed by atoms with Crippen LogP contribution in [-0.4, -0.2) is 33.5 Å². The number of nitrogens with zero attached hydrogens (tertiary/aromatic N) is 1. The second-order valence-electron chi connectivity index (χ2n) is 5.91. The van der Waals surface area contributed by atoms with Crippen LogP contribution in [0.3, 0.4) is 0 Å². The van der Waals surface area contributed by atoms with Gasteiger partial charge in [0.15, 0.2) is 0 Å². The number of hydrogen-bond acceptors (Lipinski definition) is 3. The summed E-state index contributed by atoms with van der Waals surface area (Å²) in [5.41, 5.74) is -0.954. The quantitative estimate of drug-likeness (QED) is 0.871. The van der Waals surface area contributed by atoms with Gasteiger partial charge in [0.1, 0.15) is 5.69 Å². The zero-order valence-electron chi connectivity index (χ0n) is 13.0. The van der Waals surface area contributed by atoms with E-state index in [4.69, 9.17) is 0 Å². The maximum absolute atomic E-state index is 12.9. The summed E-state index contributed by atoms with van der Waals surface area (Å²) in [5, 5.41) is 9.92. The van der Waals surface area contributed by atoms with Crippen molar-refractivity contribution in [2.24, 2.45) is 0 Å². The van der Waals surface area contributed by atoms with Crippen LogP contribution in [-0.2, 0) is 6.18 Å². The number of amides is 1. The molecule has 0 bridgehead atoms. The maximum atomic E-state index is 12.9. The molecule has 25 heavy (non-hydrogen) atoms. The number of hydrogen-bond donors (Lipinski definition) is 2. The van der Waals surface area contributed by atoms with E-state index in [-0.39, 0.29) is 24.2 Å². The van der Waals surface area contributed by atoms with Crippen molar-refractivity contribution in [1.82, 2.24) is 9.88 Å². The Kier molecular flexibility index (Phi) is 4.38. The molecule has 1 fully saturated rings. The molecule has 132 valence electrons. The highest BCUT2D eigenvalue weighted by molar-refractivity contribution is 5.92. The van der Waals surface area contributed by atoms with Gasteiger partial charge in [-0.2, -0.15) is 13.2 Å². The minimum atomic E-state index is -4.49. The van der Waals surface area contributed by atoms with Crippen molar-refractivity contribution in [2.75, 3.05) is 6.54 Å². The number of H-pyrrole nitrogens is 1. The summed E-state index contributed by atoms with van der Waals surface area (Å²) in [7, 11) is 0. The molecule has 1 aliphatic rings. The van der Waals surface area contributed by atoms with E-state index in [0.29, 0.717) is 0 Å². The monoisotopic (exact) mass is 352 g/mol. The number of halogens is 3. The van der Waals surface area contributed by atoms with Crippen LogP contribution in [0.15, 0.2) is 47.3 Å². The minimum absolute atomic E-state index is 0.0172. The van der Waals surface area contributed by atoms with E-state index >= 15 is 0 Å². The van der Waals surface area contributed by atoms with Crippen LogP contribution in [0.25, 0.3) is 0 Å². The summed E-state index contributed by atoms with van der Waals surface area (Å²) >= 11 is 0. The Labute approximate surface area is 140 Å². The van der Waals surface area contributed by atoms with Crippen molar-refractivity contribution in [1.29, 1.82) is 0 Å². The van der Waals surface area contributed by atoms with Crippen molar-refractivity contribution in [2.45, 2.75) is 24.7 Å². The molecule has 2 atom stereocenters. The molecule has 8 heteroatoms. The van der Waals surface area contributed by atoms with Gasteiger partial charge in [0.05, 0.1) is 17.7 Å². The lowest BCUT2D eigenvalue weighted by Gasteiger charge is -2.25. The van der Waals surface area contributed by atoms with Crippen molar-refractivity contribution in [3.8, 4) is 0 Å². The largest absolute Gasteiger partial charge is 0.416 e. The minimum Gasteiger partial charge on any atom is -0.391 e. The van der Waals surface area contributed by atoms with Gasteiger partial charge in [-0.05, 0) is 30.2 Å². The number of likely N-dealkylation sites (tertiary alicyclic amines) is 1. The van der Waals surface area contributed by atoms with Crippen LogP contribution in [0.1, 0.15) is 34.1 Å². The number of aromatic amines is 1. The van der Waals surface area contributed by atoms with Gasteiger partial charge < -0.3 is 15.0 Å². The topological polar surface area (TPSA) is 73.4 Å². The van der Waals surface area contributed by atoms with Crippen LogP contribution >= 0.6 is 0 Å². The summed E-state index contributed by atoms with van der Waals surface area (Å²) in [6.07, 6.45) is -5.21. The third-order valence-corrected chi connectivity index (χ3v) is 4.14. The molecule has 1 aromatic carbocycles. The third kappa shape index (κ3) is 3.58. The molecular weight excluding hydrogens is 337 g/mol. The molecule has 2 N–H and O–H groups in total. The Morgan fingerprint density at radius 2 is 1.92 bits per heavy atom. The van der Waals surface area contributed by atoms with Gasteiger partial charge in [-0.15, -0.1) is 0 Å². The van der Waals surface area contributed by atoms with Gasteiger partial charge in [-0.3, -0.25) is 9.59 Å². The average molecular weight is 352 g/mol. The number of aliphatic hydroxyl groups excluding tert-OH is 1. The number of nitrogens with one attached hydrogen (secondary N) is 1. The Morgan fingerprint density at radius 1 is 1.20 bits per heavy atom. The van der Waals surface area contributed by atoms with Crippen LogP contribution in [0.4, 0.5) is 13.2 Å². The van der Waals surface area contributed by atoms with Crippen molar-refractivity contribution >= 4 is 5.91 Å². The van der Waals surface area contributed by atoms with Crippen molar-refractivity contribution in [3.63, 3.8) is 0 Å². The summed E-state index contributed by atoms with van der Waals surface area (Å²) in [5.74, 6) is -0.545. The van der Waals surface area contributed by atoms with E-state index in [0.717, 1.165) is 12.1 Å². The number of benzene rings is 1. The van der Waals surface area contributed by atoms with E-state index in [1.165, 1.54) is 35.2 Å². The van der Waals surface area contributed by atoms with Gasteiger partial charge >= 0.3 is 6.18 Å². The Hall–Kier alpha value is -2.61. The molecule has 1 aliphatic heterocycles. The van der Waals surface area contributed by atoms with Gasteiger partial charge in [0, 0.05) is 12.6 Å². The Balaban J connectivity index is 1.95. The highest BCUT2D eigenvalue weighted by atomic mass is 19.4. The fourth-order valence-electron chi connectivity index (χ4n) is 3.00. The predicted octanol–water partition coefficient (Wildman–Crippen LogP) is 2.34. The maximum Gasteiger partial charge on any atom is 0.416 e. The molecular formula is C17H15F3N2O3. The average Bonchev–Trinajstić information content (AvgIpc) is 2.95. The lowest BCUT2D eigenvalue weighted by Crippen LogP contribution is -2.33. The second-order valence-corrected chi connectivity index (χ2v) is 5.91. The van der Waals surface area contributed by atoms with E-state index in [1.807, 2.05) is 0 Å². The number of rotatable bonds is 2. The number of carbonyl (C=O) groups excluding carboxylic acids is 1. The highest BCUT2D eigenvalue weighted by Crippen LogP contribution is 2.36. The first-order valence-corrected chi connectivity index (χ1v) is 7.61. The first kappa shape index (κ1) is 17.2. The van der Waals surface area contributed by atoms with Crippen molar-refractivity contribution in [3.05, 3.63) is 69.6 Å². The van der Waals surface area contributed by atoms with Crippen molar-refractivity contribution < 1.29 is 23.1 Å². The number of alkyl halides is 3. The molecule has 1 saturated heterocycles. The molecule has 1 amide bonds. The zero-order valence-corrected chi connectivity index (χ0v) is 13.0. The van der Waals surface area contributed by atoms with E-state index in [1.54, 1.807) is 0 Å². The predicted molar refractivity (Wildman–Crippen MR) is 82.9 cm³/mol. The Bertz CT molecular complexity index is 847. The number of aliphatic hydroxyl groups is 1. The highest BCUT2D eigenvalue weighted by Gasteiger charge is 2.37. The number of β-amino-alcohol motifs (C(OH)–C–C–N with tert-alkyl or cyclic N) is 1. The fourth-order valence-corrected chi connectivity index (χ4v) is 3.00. The van der Waals surface area contributed by atoms with Crippen LogP contribution in [0.5, 0.6) is 0 Å². The summed E-state index contributed by atoms with van der Waals surface area (Å²) in [6.45, 7) is -0.0172. The molecule has 0 spiro atoms. The Morgan fingerprint density at radius 3 is 2.60 bits per heavy atom. The number of pyridine rings is 1. The molecule has 5 nitrogen and oxygen atoms in total. The molecule has 2 heterocycles.